The van der Waals surface area contributed by atoms with Crippen molar-refractivity contribution in [1.82, 2.24) is 14.7 Å². The van der Waals surface area contributed by atoms with Gasteiger partial charge in [-0.15, -0.1) is 0 Å². The Hall–Kier alpha value is -1.18. The maximum Gasteiger partial charge on any atom is 0.320 e. The number of carbonyl (C=O) groups is 2. The number of carbonyl (C=O) groups excluding carboxylic acids is 2. The van der Waals surface area contributed by atoms with E-state index in [1.807, 2.05) is 4.90 Å². The molecule has 0 spiro atoms. The van der Waals surface area contributed by atoms with Crippen LogP contribution in [-0.2, 0) is 19.1 Å². The zero-order valence-corrected chi connectivity index (χ0v) is 41.2. The summed E-state index contributed by atoms with van der Waals surface area (Å²) >= 11 is 0. The summed E-state index contributed by atoms with van der Waals surface area (Å²) in [5, 5.41) is 0. The van der Waals surface area contributed by atoms with E-state index < -0.39 is 0 Å². The third-order valence-electron chi connectivity index (χ3n) is 13.3. The fraction of sp³-hybridized carbons (Fsp3) is 0.962. The van der Waals surface area contributed by atoms with Crippen molar-refractivity contribution < 1.29 is 19.1 Å². The van der Waals surface area contributed by atoms with Gasteiger partial charge >= 0.3 is 11.9 Å². The van der Waals surface area contributed by atoms with Crippen LogP contribution < -0.4 is 0 Å². The molecule has 7 nitrogen and oxygen atoms in total. The van der Waals surface area contributed by atoms with E-state index in [4.69, 9.17) is 9.47 Å². The summed E-state index contributed by atoms with van der Waals surface area (Å²) in [4.78, 5) is 34.0. The van der Waals surface area contributed by atoms with Crippen molar-refractivity contribution in [3.63, 3.8) is 0 Å². The van der Waals surface area contributed by atoms with Crippen LogP contribution in [0.15, 0.2) is 0 Å². The number of unbranched alkanes of at least 4 members (excludes halogenated alkanes) is 25. The van der Waals surface area contributed by atoms with Crippen LogP contribution in [0.5, 0.6) is 0 Å². The number of hydrogen-bond donors (Lipinski definition) is 0. The molecule has 2 atom stereocenters. The molecular weight excluding hydrogens is 743 g/mol. The van der Waals surface area contributed by atoms with Gasteiger partial charge in [-0.05, 0) is 70.5 Å². The van der Waals surface area contributed by atoms with E-state index in [1.54, 1.807) is 0 Å². The van der Waals surface area contributed by atoms with Gasteiger partial charge in [0.2, 0.25) is 0 Å². The first-order valence-corrected chi connectivity index (χ1v) is 26.9. The molecule has 0 aromatic rings. The lowest BCUT2D eigenvalue weighted by atomic mass is 9.94. The minimum absolute atomic E-state index is 0.171. The molecule has 0 saturated carbocycles. The van der Waals surface area contributed by atoms with Gasteiger partial charge in [0, 0.05) is 26.2 Å². The monoisotopic (exact) mass is 848 g/mol. The van der Waals surface area contributed by atoms with Gasteiger partial charge in [0.25, 0.3) is 0 Å². The van der Waals surface area contributed by atoms with Crippen molar-refractivity contribution in [3.05, 3.63) is 0 Å². The van der Waals surface area contributed by atoms with Crippen LogP contribution >= 0.6 is 0 Å². The van der Waals surface area contributed by atoms with Gasteiger partial charge < -0.3 is 19.3 Å². The highest BCUT2D eigenvalue weighted by atomic mass is 16.5. The van der Waals surface area contributed by atoms with Crippen LogP contribution in [0.3, 0.4) is 0 Å². The molecule has 1 aliphatic heterocycles. The zero-order valence-electron chi connectivity index (χ0n) is 41.2. The van der Waals surface area contributed by atoms with Gasteiger partial charge in [-0.1, -0.05) is 207 Å². The first kappa shape index (κ1) is 56.8. The first-order chi connectivity index (χ1) is 29.4. The molecule has 1 rings (SSSR count). The lowest BCUT2D eigenvalue weighted by Gasteiger charge is -2.32. The summed E-state index contributed by atoms with van der Waals surface area (Å²) < 4.78 is 12.1. The number of esters is 2. The van der Waals surface area contributed by atoms with E-state index in [2.05, 4.69) is 44.5 Å². The standard InChI is InChI=1S/C53H105N3O4/c1-6-10-14-18-22-24-28-32-38-50(36-30-26-20-16-12-8-3)48-59-52(57)46-56(41-35-34-40-55-44-42-54(5)43-45-55)47-53(58)60-49-51(37-31-27-21-17-13-9-4)39-33-29-25-23-19-15-11-7-2/h50-51H,6-49H2,1-5H3. The van der Waals surface area contributed by atoms with Gasteiger partial charge in [-0.25, -0.2) is 0 Å². The Morgan fingerprint density at radius 2 is 0.750 bits per heavy atom. The fourth-order valence-corrected chi connectivity index (χ4v) is 9.02. The van der Waals surface area contributed by atoms with Gasteiger partial charge in [-0.3, -0.25) is 14.5 Å². The Morgan fingerprint density at radius 1 is 0.433 bits per heavy atom. The molecule has 0 aromatic carbocycles. The van der Waals surface area contributed by atoms with Crippen LogP contribution in [0.1, 0.15) is 246 Å². The second-order valence-corrected chi connectivity index (χ2v) is 19.3. The van der Waals surface area contributed by atoms with Crippen LogP contribution in [0, 0.1) is 11.8 Å². The molecule has 0 N–H and O–H groups in total. The minimum Gasteiger partial charge on any atom is -0.464 e. The molecule has 0 radical (unpaired) electrons. The van der Waals surface area contributed by atoms with E-state index in [0.717, 1.165) is 77.8 Å². The number of rotatable bonds is 45. The number of nitrogens with zero attached hydrogens (tertiary/aromatic N) is 3. The van der Waals surface area contributed by atoms with Crippen molar-refractivity contribution in [2.24, 2.45) is 11.8 Å². The molecule has 0 amide bonds. The van der Waals surface area contributed by atoms with Crippen LogP contribution in [-0.4, -0.2) is 99.3 Å². The van der Waals surface area contributed by atoms with Crippen molar-refractivity contribution in [2.45, 2.75) is 246 Å². The van der Waals surface area contributed by atoms with Crippen molar-refractivity contribution in [2.75, 3.05) is 72.6 Å². The summed E-state index contributed by atoms with van der Waals surface area (Å²) in [6.45, 7) is 16.8. The molecule has 7 heteroatoms. The highest BCUT2D eigenvalue weighted by molar-refractivity contribution is 5.75. The Morgan fingerprint density at radius 3 is 1.08 bits per heavy atom. The number of likely N-dealkylation sites (N-methyl/N-ethyl adjacent to an activating group) is 1. The zero-order chi connectivity index (χ0) is 43.6. The summed E-state index contributed by atoms with van der Waals surface area (Å²) in [6.07, 6.45) is 43.4. The van der Waals surface area contributed by atoms with E-state index in [-0.39, 0.29) is 25.0 Å². The van der Waals surface area contributed by atoms with Crippen molar-refractivity contribution in [1.29, 1.82) is 0 Å². The Labute approximate surface area is 375 Å². The average molecular weight is 848 g/mol. The summed E-state index contributed by atoms with van der Waals surface area (Å²) in [6, 6.07) is 0. The maximum absolute atomic E-state index is 13.5. The second kappa shape index (κ2) is 43.1. The molecule has 2 unspecified atom stereocenters. The second-order valence-electron chi connectivity index (χ2n) is 19.3. The summed E-state index contributed by atoms with van der Waals surface area (Å²) in [5.41, 5.74) is 0. The molecule has 1 heterocycles. The smallest absolute Gasteiger partial charge is 0.320 e. The molecule has 0 bridgehead atoms. The molecule has 1 fully saturated rings. The Balaban J connectivity index is 2.76. The average Bonchev–Trinajstić information content (AvgIpc) is 3.24. The molecule has 1 aliphatic rings. The van der Waals surface area contributed by atoms with Gasteiger partial charge in [0.05, 0.1) is 26.3 Å². The molecular formula is C53H105N3O4. The third kappa shape index (κ3) is 36.3. The molecule has 1 saturated heterocycles. The first-order valence-electron chi connectivity index (χ1n) is 26.9. The minimum atomic E-state index is -0.179. The van der Waals surface area contributed by atoms with Crippen molar-refractivity contribution in [3.8, 4) is 0 Å². The summed E-state index contributed by atoms with van der Waals surface area (Å²) in [5.74, 6) is 0.515. The predicted molar refractivity (Wildman–Crippen MR) is 259 cm³/mol. The Kier molecular flexibility index (Phi) is 40.8. The van der Waals surface area contributed by atoms with Crippen molar-refractivity contribution >= 4 is 11.9 Å². The van der Waals surface area contributed by atoms with Gasteiger partial charge in [-0.2, -0.15) is 0 Å². The van der Waals surface area contributed by atoms with E-state index in [0.29, 0.717) is 25.0 Å². The van der Waals surface area contributed by atoms with Crippen LogP contribution in [0.25, 0.3) is 0 Å². The SMILES string of the molecule is CCCCCCCCCCC(CCCCCCCC)COC(=O)CN(CCCCN1CCN(C)CC1)CC(=O)OCC(CCCCCCCC)CCCCCCCCCC. The number of hydrogen-bond acceptors (Lipinski definition) is 7. The quantitative estimate of drug-likeness (QED) is 0.0447. The third-order valence-corrected chi connectivity index (χ3v) is 13.3. The lowest BCUT2D eigenvalue weighted by molar-refractivity contribution is -0.150. The predicted octanol–water partition coefficient (Wildman–Crippen LogP) is 14.2. The van der Waals surface area contributed by atoms with E-state index in [1.165, 1.54) is 180 Å². The van der Waals surface area contributed by atoms with E-state index >= 15 is 0 Å². The molecule has 356 valence electrons. The maximum atomic E-state index is 13.5. The largest absolute Gasteiger partial charge is 0.464 e. The lowest BCUT2D eigenvalue weighted by Crippen LogP contribution is -2.44. The molecule has 0 aromatic heterocycles. The number of piperazine rings is 1. The Bertz CT molecular complexity index is 868. The number of ether oxygens (including phenoxy) is 2. The fourth-order valence-electron chi connectivity index (χ4n) is 9.02. The summed E-state index contributed by atoms with van der Waals surface area (Å²) in [7, 11) is 2.20. The van der Waals surface area contributed by atoms with Crippen LogP contribution in [0.2, 0.25) is 0 Å². The molecule has 60 heavy (non-hydrogen) atoms. The van der Waals surface area contributed by atoms with Gasteiger partial charge in [0.1, 0.15) is 0 Å². The normalized spacial score (nSPS) is 14.8. The van der Waals surface area contributed by atoms with Crippen LogP contribution in [0.4, 0.5) is 0 Å². The van der Waals surface area contributed by atoms with E-state index in [9.17, 15) is 9.59 Å². The van der Waals surface area contributed by atoms with Gasteiger partial charge in [0.15, 0.2) is 0 Å². The topological polar surface area (TPSA) is 62.3 Å². The highest BCUT2D eigenvalue weighted by Gasteiger charge is 2.20. The molecule has 0 aliphatic carbocycles. The highest BCUT2D eigenvalue weighted by Crippen LogP contribution is 2.22.